The molecule has 0 heterocycles. The van der Waals surface area contributed by atoms with Crippen molar-refractivity contribution in [2.45, 2.75) is 22.8 Å². The van der Waals surface area contributed by atoms with Gasteiger partial charge in [-0.1, -0.05) is 0 Å². The summed E-state index contributed by atoms with van der Waals surface area (Å²) in [7, 11) is -5.00. The molecule has 5 nitrogen and oxygen atoms in total. The van der Waals surface area contributed by atoms with Gasteiger partial charge >= 0.3 is 0 Å². The minimum Gasteiger partial charge on any atom is -0.316 e. The molecule has 0 amide bonds. The number of sulfone groups is 2. The van der Waals surface area contributed by atoms with Crippen LogP contribution in [-0.2, 0) is 19.7 Å². The molecule has 0 aliphatic heterocycles. The Kier molecular flexibility index (Phi) is 4.52. The van der Waals surface area contributed by atoms with Crippen molar-refractivity contribution in [2.24, 2.45) is 0 Å². The molecule has 0 bridgehead atoms. The zero-order valence-corrected chi connectivity index (χ0v) is 12.2. The Morgan fingerprint density at radius 2 is 1.50 bits per heavy atom. The highest BCUT2D eigenvalue weighted by Gasteiger charge is 2.18. The number of benzene rings is 1. The molecule has 1 unspecified atom stereocenters. The second-order valence-corrected chi connectivity index (χ2v) is 8.26. The van der Waals surface area contributed by atoms with Gasteiger partial charge in [-0.2, -0.15) is 0 Å². The Balaban J connectivity index is 3.06. The van der Waals surface area contributed by atoms with Crippen LogP contribution in [0.4, 0.5) is 0 Å². The number of nitrogens with one attached hydrogen (secondary N) is 1. The lowest BCUT2D eigenvalue weighted by molar-refractivity contribution is 0.577. The van der Waals surface area contributed by atoms with Crippen LogP contribution in [0.25, 0.3) is 0 Å². The summed E-state index contributed by atoms with van der Waals surface area (Å²) in [6.45, 7) is 1.77. The van der Waals surface area contributed by atoms with Gasteiger partial charge < -0.3 is 5.32 Å². The van der Waals surface area contributed by atoms with Gasteiger partial charge in [0, 0.05) is 12.3 Å². The first-order chi connectivity index (χ1) is 8.16. The van der Waals surface area contributed by atoms with Crippen LogP contribution in [0.2, 0.25) is 0 Å². The van der Waals surface area contributed by atoms with E-state index in [4.69, 9.17) is 0 Å². The van der Waals surface area contributed by atoms with Gasteiger partial charge in [0.2, 0.25) is 0 Å². The predicted molar refractivity (Wildman–Crippen MR) is 70.1 cm³/mol. The molecule has 0 spiro atoms. The van der Waals surface area contributed by atoms with E-state index in [1.807, 2.05) is 0 Å². The van der Waals surface area contributed by atoms with Crippen LogP contribution >= 0.6 is 0 Å². The minimum atomic E-state index is -3.39. The highest BCUT2D eigenvalue weighted by molar-refractivity contribution is 7.91. The van der Waals surface area contributed by atoms with Crippen molar-refractivity contribution in [3.05, 3.63) is 24.3 Å². The average Bonchev–Trinajstić information content (AvgIpc) is 2.27. The fourth-order valence-electron chi connectivity index (χ4n) is 1.40. The van der Waals surface area contributed by atoms with Crippen LogP contribution < -0.4 is 5.32 Å². The van der Waals surface area contributed by atoms with Crippen LogP contribution in [-0.4, -0.2) is 41.9 Å². The van der Waals surface area contributed by atoms with Gasteiger partial charge in [-0.15, -0.1) is 0 Å². The molecule has 0 saturated heterocycles. The highest BCUT2D eigenvalue weighted by Crippen LogP contribution is 2.16. The van der Waals surface area contributed by atoms with E-state index in [0.29, 0.717) is 0 Å². The normalized spacial score (nSPS) is 14.4. The molecule has 0 aromatic heterocycles. The summed E-state index contributed by atoms with van der Waals surface area (Å²) < 4.78 is 46.5. The zero-order chi connectivity index (χ0) is 14.0. The van der Waals surface area contributed by atoms with E-state index >= 15 is 0 Å². The lowest BCUT2D eigenvalue weighted by atomic mass is 10.4. The van der Waals surface area contributed by atoms with Crippen LogP contribution in [0.3, 0.4) is 0 Å². The maximum atomic E-state index is 12.0. The Hall–Kier alpha value is -0.920. The van der Waals surface area contributed by atoms with E-state index in [9.17, 15) is 16.8 Å². The first kappa shape index (κ1) is 15.1. The second-order valence-electron chi connectivity index (χ2n) is 4.21. The smallest absolute Gasteiger partial charge is 0.179 e. The molecule has 0 saturated carbocycles. The molecule has 7 heteroatoms. The molecule has 1 aromatic rings. The molecule has 1 aromatic carbocycles. The fourth-order valence-corrected chi connectivity index (χ4v) is 3.60. The minimum absolute atomic E-state index is 0.0261. The largest absolute Gasteiger partial charge is 0.316 e. The van der Waals surface area contributed by atoms with Gasteiger partial charge in [0.15, 0.2) is 19.7 Å². The maximum Gasteiger partial charge on any atom is 0.179 e. The number of hydrogen-bond acceptors (Lipinski definition) is 5. The molecule has 0 aliphatic carbocycles. The van der Waals surface area contributed by atoms with Crippen LogP contribution in [0, 0.1) is 0 Å². The molecule has 1 N–H and O–H groups in total. The lowest BCUT2D eigenvalue weighted by Gasteiger charge is -2.11. The third kappa shape index (κ3) is 3.79. The monoisotopic (exact) mass is 291 g/mol. The molecule has 0 aliphatic rings. The number of rotatable bonds is 5. The van der Waals surface area contributed by atoms with Crippen molar-refractivity contribution in [3.63, 3.8) is 0 Å². The van der Waals surface area contributed by atoms with Gasteiger partial charge in [-0.25, -0.2) is 16.8 Å². The Morgan fingerprint density at radius 1 is 1.06 bits per heavy atom. The van der Waals surface area contributed by atoms with Crippen LogP contribution in [0.15, 0.2) is 34.1 Å². The summed E-state index contributed by atoms with van der Waals surface area (Å²) in [4.78, 5) is 0.250. The fraction of sp³-hybridized carbons (Fsp3) is 0.455. The summed E-state index contributed by atoms with van der Waals surface area (Å²) in [5.41, 5.74) is 0. The lowest BCUT2D eigenvalue weighted by Crippen LogP contribution is -2.29. The van der Waals surface area contributed by atoms with Crippen molar-refractivity contribution in [2.75, 3.05) is 19.1 Å². The molecule has 0 fully saturated rings. The van der Waals surface area contributed by atoms with Gasteiger partial charge in [0.1, 0.15) is 0 Å². The Morgan fingerprint density at radius 3 is 1.89 bits per heavy atom. The van der Waals surface area contributed by atoms with E-state index in [-0.39, 0.29) is 21.6 Å². The highest BCUT2D eigenvalue weighted by atomic mass is 32.2. The van der Waals surface area contributed by atoms with E-state index < -0.39 is 19.7 Å². The van der Waals surface area contributed by atoms with Gasteiger partial charge in [-0.05, 0) is 38.2 Å². The van der Waals surface area contributed by atoms with Crippen molar-refractivity contribution in [1.82, 2.24) is 5.32 Å². The average molecular weight is 291 g/mol. The molecular weight excluding hydrogens is 274 g/mol. The maximum absolute atomic E-state index is 12.0. The molecule has 0 radical (unpaired) electrons. The van der Waals surface area contributed by atoms with Crippen molar-refractivity contribution < 1.29 is 16.8 Å². The van der Waals surface area contributed by atoms with E-state index in [1.54, 1.807) is 14.0 Å². The molecule has 1 rings (SSSR count). The molecule has 102 valence electrons. The first-order valence-electron chi connectivity index (χ1n) is 5.37. The number of hydrogen-bond donors (Lipinski definition) is 1. The zero-order valence-electron chi connectivity index (χ0n) is 10.5. The van der Waals surface area contributed by atoms with Gasteiger partial charge in [-0.3, -0.25) is 0 Å². The summed E-state index contributed by atoms with van der Waals surface area (Å²) in [5.74, 6) is -0.0261. The van der Waals surface area contributed by atoms with Crippen molar-refractivity contribution >= 4 is 19.7 Å². The molecular formula is C11H17NO4S2. The van der Waals surface area contributed by atoms with E-state index in [1.165, 1.54) is 24.3 Å². The third-order valence-corrected chi connectivity index (χ3v) is 5.63. The summed E-state index contributed by atoms with van der Waals surface area (Å²) in [5, 5.41) is 2.85. The topological polar surface area (TPSA) is 80.3 Å². The van der Waals surface area contributed by atoms with Gasteiger partial charge in [0.25, 0.3) is 0 Å². The molecule has 1 atom stereocenters. The van der Waals surface area contributed by atoms with Crippen LogP contribution in [0.5, 0.6) is 0 Å². The van der Waals surface area contributed by atoms with Crippen molar-refractivity contribution in [1.29, 1.82) is 0 Å². The Bertz CT molecular complexity index is 603. The predicted octanol–water partition coefficient (Wildman–Crippen LogP) is 0.472. The van der Waals surface area contributed by atoms with E-state index in [2.05, 4.69) is 5.32 Å². The van der Waals surface area contributed by atoms with E-state index in [0.717, 1.165) is 6.26 Å². The van der Waals surface area contributed by atoms with Gasteiger partial charge in [0.05, 0.1) is 15.5 Å². The van der Waals surface area contributed by atoms with Crippen LogP contribution in [0.1, 0.15) is 6.92 Å². The Labute approximate surface area is 108 Å². The first-order valence-corrected chi connectivity index (χ1v) is 8.91. The quantitative estimate of drug-likeness (QED) is 0.853. The molecule has 18 heavy (non-hydrogen) atoms. The second kappa shape index (κ2) is 5.38. The summed E-state index contributed by atoms with van der Waals surface area (Å²) in [6.07, 6.45) is 1.08. The summed E-state index contributed by atoms with van der Waals surface area (Å²) in [6, 6.07) is 5.12. The van der Waals surface area contributed by atoms with Crippen molar-refractivity contribution in [3.8, 4) is 0 Å². The summed E-state index contributed by atoms with van der Waals surface area (Å²) >= 11 is 0. The SMILES string of the molecule is CNC(C)CS(=O)(=O)c1ccc(S(C)(=O)=O)cc1. The third-order valence-electron chi connectivity index (χ3n) is 2.57. The standard InChI is InChI=1S/C11H17NO4S2/c1-9(12-2)8-18(15,16)11-6-4-10(5-7-11)17(3,13)14/h4-7,9,12H,8H2,1-3H3.